The minimum Gasteiger partial charge on any atom is -0.494 e. The van der Waals surface area contributed by atoms with E-state index in [1.807, 2.05) is 24.3 Å². The third-order valence-corrected chi connectivity index (χ3v) is 3.40. The smallest absolute Gasteiger partial charge is 0.119 e. The van der Waals surface area contributed by atoms with Crippen LogP contribution in [0.25, 0.3) is 0 Å². The normalized spacial score (nSPS) is 9.45. The number of hydrogen-bond acceptors (Lipinski definition) is 4. The second kappa shape index (κ2) is 17.9. The zero-order chi connectivity index (χ0) is 15.8. The van der Waals surface area contributed by atoms with Crippen LogP contribution in [0.4, 0.5) is 0 Å². The predicted octanol–water partition coefficient (Wildman–Crippen LogP) is 2.66. The first-order valence-electron chi connectivity index (χ1n) is 8.12. The lowest BCUT2D eigenvalue weighted by molar-refractivity contribution is 0.304. The molecule has 0 heterocycles. The molecule has 22 heavy (non-hydrogen) atoms. The molecule has 0 radical (unpaired) electrons. The lowest BCUT2D eigenvalue weighted by Gasteiger charge is -2.07. The second-order valence-corrected chi connectivity index (χ2v) is 5.17. The molecule has 5 nitrogen and oxygen atoms in total. The van der Waals surface area contributed by atoms with Gasteiger partial charge in [-0.2, -0.15) is 0 Å². The van der Waals surface area contributed by atoms with Crippen LogP contribution in [0, 0.1) is 0 Å². The summed E-state index contributed by atoms with van der Waals surface area (Å²) in [6.45, 7) is 3.66. The second-order valence-electron chi connectivity index (χ2n) is 5.17. The quantitative estimate of drug-likeness (QED) is 0.330. The molecular weight excluding hydrogens is 278 g/mol. The molecule has 0 unspecified atom stereocenters. The van der Waals surface area contributed by atoms with Gasteiger partial charge in [0.15, 0.2) is 0 Å². The van der Waals surface area contributed by atoms with Crippen molar-refractivity contribution in [3.05, 3.63) is 29.8 Å². The Bertz CT molecular complexity index is 335. The standard InChI is InChI=1S/C17H29NO.H4N2.H2O/c1-2-3-4-5-6-7-8-9-13-19-17-12-10-11-16(14-17)15-18;1-2;/h10-12,14H,2-9,13,15,18H2,1H3;1-2H2;1H2. The fourth-order valence-corrected chi connectivity index (χ4v) is 2.19. The molecule has 1 aromatic carbocycles. The van der Waals surface area contributed by atoms with E-state index in [1.165, 1.54) is 44.9 Å². The maximum Gasteiger partial charge on any atom is 0.119 e. The van der Waals surface area contributed by atoms with Crippen molar-refractivity contribution in [1.29, 1.82) is 0 Å². The average molecular weight is 313 g/mol. The first-order valence-corrected chi connectivity index (χ1v) is 8.12. The highest BCUT2D eigenvalue weighted by Crippen LogP contribution is 2.14. The first-order chi connectivity index (χ1) is 10.4. The number of hydrazine groups is 1. The highest BCUT2D eigenvalue weighted by atomic mass is 16.5. The van der Waals surface area contributed by atoms with E-state index in [9.17, 15) is 0 Å². The summed E-state index contributed by atoms with van der Waals surface area (Å²) in [4.78, 5) is 0. The number of ether oxygens (including phenoxy) is 1. The van der Waals surface area contributed by atoms with Crippen molar-refractivity contribution < 1.29 is 10.2 Å². The van der Waals surface area contributed by atoms with Gasteiger partial charge in [0.05, 0.1) is 6.61 Å². The minimum atomic E-state index is 0. The molecule has 1 aromatic rings. The largest absolute Gasteiger partial charge is 0.494 e. The topological polar surface area (TPSA) is 119 Å². The van der Waals surface area contributed by atoms with Gasteiger partial charge < -0.3 is 15.9 Å². The molecule has 0 aromatic heterocycles. The van der Waals surface area contributed by atoms with Crippen molar-refractivity contribution in [2.45, 2.75) is 64.8 Å². The summed E-state index contributed by atoms with van der Waals surface area (Å²) in [6, 6.07) is 8.07. The number of rotatable bonds is 11. The van der Waals surface area contributed by atoms with Gasteiger partial charge in [-0.3, -0.25) is 11.7 Å². The van der Waals surface area contributed by atoms with Crippen LogP contribution in [0.15, 0.2) is 24.3 Å². The minimum absolute atomic E-state index is 0. The Morgan fingerprint density at radius 3 is 2.09 bits per heavy atom. The van der Waals surface area contributed by atoms with E-state index >= 15 is 0 Å². The summed E-state index contributed by atoms with van der Waals surface area (Å²) >= 11 is 0. The van der Waals surface area contributed by atoms with Crippen LogP contribution < -0.4 is 22.2 Å². The molecule has 0 saturated carbocycles. The number of hydrogen-bond donors (Lipinski definition) is 3. The zero-order valence-electron chi connectivity index (χ0n) is 14.0. The molecule has 8 N–H and O–H groups in total. The summed E-state index contributed by atoms with van der Waals surface area (Å²) in [5, 5.41) is 0. The predicted molar refractivity (Wildman–Crippen MR) is 94.4 cm³/mol. The highest BCUT2D eigenvalue weighted by Gasteiger charge is 1.96. The number of unbranched alkanes of at least 4 members (excludes halogenated alkanes) is 7. The fourth-order valence-electron chi connectivity index (χ4n) is 2.19. The molecule has 0 fully saturated rings. The van der Waals surface area contributed by atoms with Crippen LogP contribution in [0.1, 0.15) is 63.9 Å². The van der Waals surface area contributed by atoms with Gasteiger partial charge >= 0.3 is 0 Å². The monoisotopic (exact) mass is 313 g/mol. The third kappa shape index (κ3) is 12.6. The van der Waals surface area contributed by atoms with E-state index in [0.29, 0.717) is 6.54 Å². The van der Waals surface area contributed by atoms with Crippen LogP contribution in [-0.2, 0) is 6.54 Å². The van der Waals surface area contributed by atoms with Crippen molar-refractivity contribution in [2.24, 2.45) is 17.4 Å². The maximum absolute atomic E-state index is 5.74. The van der Waals surface area contributed by atoms with Gasteiger partial charge in [-0.15, -0.1) is 0 Å². The average Bonchev–Trinajstić information content (AvgIpc) is 2.55. The molecule has 0 aliphatic heterocycles. The molecule has 0 aliphatic rings. The van der Waals surface area contributed by atoms with Crippen molar-refractivity contribution >= 4 is 0 Å². The Kier molecular flexibility index (Phi) is 18.8. The van der Waals surface area contributed by atoms with Crippen molar-refractivity contribution in [1.82, 2.24) is 0 Å². The summed E-state index contributed by atoms with van der Waals surface area (Å²) in [5.41, 5.74) is 6.74. The zero-order valence-corrected chi connectivity index (χ0v) is 14.0. The van der Waals surface area contributed by atoms with Crippen LogP contribution in [0.2, 0.25) is 0 Å². The fraction of sp³-hybridized carbons (Fsp3) is 0.647. The first kappa shape index (κ1) is 23.1. The van der Waals surface area contributed by atoms with Crippen LogP contribution in [0.5, 0.6) is 5.75 Å². The molecule has 0 atom stereocenters. The molecule has 0 spiro atoms. The van der Waals surface area contributed by atoms with E-state index in [0.717, 1.165) is 24.3 Å². The summed E-state index contributed by atoms with van der Waals surface area (Å²) < 4.78 is 5.74. The number of benzene rings is 1. The van der Waals surface area contributed by atoms with Gasteiger partial charge in [0, 0.05) is 6.54 Å². The van der Waals surface area contributed by atoms with Crippen LogP contribution in [0.3, 0.4) is 0 Å². The Labute approximate surface area is 135 Å². The lowest BCUT2D eigenvalue weighted by Crippen LogP contribution is -2.02. The molecular formula is C17H35N3O2. The van der Waals surface area contributed by atoms with Crippen LogP contribution >= 0.6 is 0 Å². The molecule has 5 heteroatoms. The maximum atomic E-state index is 5.74. The van der Waals surface area contributed by atoms with Crippen LogP contribution in [-0.4, -0.2) is 12.1 Å². The molecule has 0 saturated heterocycles. The third-order valence-electron chi connectivity index (χ3n) is 3.40. The number of nitrogens with two attached hydrogens (primary N) is 3. The summed E-state index contributed by atoms with van der Waals surface area (Å²) in [6.07, 6.45) is 10.7. The van der Waals surface area contributed by atoms with E-state index < -0.39 is 0 Å². The van der Waals surface area contributed by atoms with Gasteiger partial charge in [-0.05, 0) is 24.1 Å². The van der Waals surface area contributed by atoms with E-state index in [-0.39, 0.29) is 5.48 Å². The molecule has 0 bridgehead atoms. The van der Waals surface area contributed by atoms with Gasteiger partial charge in [0.25, 0.3) is 0 Å². The molecule has 130 valence electrons. The van der Waals surface area contributed by atoms with Crippen molar-refractivity contribution in [3.63, 3.8) is 0 Å². The lowest BCUT2D eigenvalue weighted by atomic mass is 10.1. The Morgan fingerprint density at radius 1 is 0.909 bits per heavy atom. The Balaban J connectivity index is 0. The Hall–Kier alpha value is -1.14. The van der Waals surface area contributed by atoms with Crippen molar-refractivity contribution in [3.8, 4) is 5.75 Å². The van der Waals surface area contributed by atoms with Crippen molar-refractivity contribution in [2.75, 3.05) is 6.61 Å². The summed E-state index contributed by atoms with van der Waals surface area (Å²) in [7, 11) is 0. The van der Waals surface area contributed by atoms with Gasteiger partial charge in [0.1, 0.15) is 5.75 Å². The van der Waals surface area contributed by atoms with Gasteiger partial charge in [-0.1, -0.05) is 64.0 Å². The van der Waals surface area contributed by atoms with E-state index in [1.54, 1.807) is 0 Å². The molecule has 0 amide bonds. The van der Waals surface area contributed by atoms with Gasteiger partial charge in [0.2, 0.25) is 0 Å². The Morgan fingerprint density at radius 2 is 1.50 bits per heavy atom. The summed E-state index contributed by atoms with van der Waals surface area (Å²) in [5.74, 6) is 8.95. The SMILES string of the molecule is CCCCCCCCCCOc1cccc(CN)c1.NN.O. The highest BCUT2D eigenvalue weighted by molar-refractivity contribution is 5.28. The molecule has 0 aliphatic carbocycles. The van der Waals surface area contributed by atoms with E-state index in [4.69, 9.17) is 10.5 Å². The molecule has 1 rings (SSSR count). The van der Waals surface area contributed by atoms with Gasteiger partial charge in [-0.25, -0.2) is 0 Å². The van der Waals surface area contributed by atoms with E-state index in [2.05, 4.69) is 18.6 Å².